The maximum atomic E-state index is 12.4. The van der Waals surface area contributed by atoms with Gasteiger partial charge in [-0.2, -0.15) is 5.10 Å². The molecule has 1 N–H and O–H groups in total. The quantitative estimate of drug-likeness (QED) is 0.605. The maximum absolute atomic E-state index is 12.4. The minimum Gasteiger partial charge on any atom is -0.493 e. The summed E-state index contributed by atoms with van der Waals surface area (Å²) in [5.74, 6) is 1.07. The minimum absolute atomic E-state index is 0.252. The van der Waals surface area contributed by atoms with Crippen LogP contribution in [-0.2, 0) is 4.79 Å². The van der Waals surface area contributed by atoms with Gasteiger partial charge in [-0.15, -0.1) is 0 Å². The normalized spacial score (nSPS) is 10.8. The minimum atomic E-state index is -0.252. The zero-order valence-corrected chi connectivity index (χ0v) is 15.8. The number of carbonyl (C=O) groups is 1. The Morgan fingerprint density at radius 3 is 2.82 bits per heavy atom. The molecule has 0 atom stereocenters. The highest BCUT2D eigenvalue weighted by molar-refractivity contribution is 6.03. The Kier molecular flexibility index (Phi) is 6.41. The first kappa shape index (κ1) is 19.2. The molecule has 0 radical (unpaired) electrons. The van der Waals surface area contributed by atoms with Crippen molar-refractivity contribution >= 4 is 17.7 Å². The van der Waals surface area contributed by atoms with Gasteiger partial charge in [0.2, 0.25) is 5.91 Å². The molecular weight excluding hydrogens is 356 g/mol. The number of methoxy groups -OCH3 is 1. The van der Waals surface area contributed by atoms with Gasteiger partial charge in [-0.25, -0.2) is 9.67 Å². The van der Waals surface area contributed by atoms with E-state index in [1.54, 1.807) is 24.2 Å². The molecule has 2 aromatic carbocycles. The van der Waals surface area contributed by atoms with E-state index in [-0.39, 0.29) is 5.91 Å². The number of nitrogens with zero attached hydrogens (tertiary/aromatic N) is 3. The fourth-order valence-electron chi connectivity index (χ4n) is 2.58. The zero-order valence-electron chi connectivity index (χ0n) is 15.8. The standard InChI is InChI=1S/C21H22N4O3/c1-3-12-28-19-10-8-16(13-20(19)27-2)9-11-21(26)24-17-6-4-5-7-18(17)25-15-22-14-23-25/h4-11,13-15H,3,12H2,1-2H3,(H,24,26)/b11-9+. The van der Waals surface area contributed by atoms with Gasteiger partial charge in [0, 0.05) is 6.08 Å². The predicted octanol–water partition coefficient (Wildman–Crippen LogP) is 3.72. The molecule has 0 aliphatic heterocycles. The molecule has 0 bridgehead atoms. The third-order valence-electron chi connectivity index (χ3n) is 3.90. The highest BCUT2D eigenvalue weighted by Crippen LogP contribution is 2.28. The van der Waals surface area contributed by atoms with E-state index in [1.165, 1.54) is 12.4 Å². The summed E-state index contributed by atoms with van der Waals surface area (Å²) >= 11 is 0. The molecule has 144 valence electrons. The van der Waals surface area contributed by atoms with E-state index in [2.05, 4.69) is 15.4 Å². The van der Waals surface area contributed by atoms with Crippen molar-refractivity contribution in [3.63, 3.8) is 0 Å². The van der Waals surface area contributed by atoms with Crippen LogP contribution in [0.15, 0.2) is 61.2 Å². The molecule has 1 amide bonds. The van der Waals surface area contributed by atoms with Gasteiger partial charge in [-0.3, -0.25) is 4.79 Å². The van der Waals surface area contributed by atoms with Gasteiger partial charge in [0.05, 0.1) is 25.1 Å². The first-order chi connectivity index (χ1) is 13.7. The van der Waals surface area contributed by atoms with Crippen molar-refractivity contribution < 1.29 is 14.3 Å². The zero-order chi connectivity index (χ0) is 19.8. The van der Waals surface area contributed by atoms with Crippen LogP contribution in [0.1, 0.15) is 18.9 Å². The summed E-state index contributed by atoms with van der Waals surface area (Å²) < 4.78 is 12.6. The molecule has 7 nitrogen and oxygen atoms in total. The van der Waals surface area contributed by atoms with Crippen LogP contribution in [0.2, 0.25) is 0 Å². The second kappa shape index (κ2) is 9.36. The van der Waals surface area contributed by atoms with Crippen LogP contribution in [0.5, 0.6) is 11.5 Å². The highest BCUT2D eigenvalue weighted by atomic mass is 16.5. The summed E-state index contributed by atoms with van der Waals surface area (Å²) in [7, 11) is 1.59. The number of carbonyl (C=O) groups excluding carboxylic acids is 1. The molecule has 3 rings (SSSR count). The van der Waals surface area contributed by atoms with Crippen LogP contribution in [0.4, 0.5) is 5.69 Å². The van der Waals surface area contributed by atoms with E-state index in [9.17, 15) is 4.79 Å². The number of ether oxygens (including phenoxy) is 2. The number of hydrogen-bond donors (Lipinski definition) is 1. The second-order valence-electron chi connectivity index (χ2n) is 5.94. The first-order valence-corrected chi connectivity index (χ1v) is 8.95. The molecule has 0 unspecified atom stereocenters. The van der Waals surface area contributed by atoms with E-state index in [0.29, 0.717) is 23.8 Å². The van der Waals surface area contributed by atoms with Crippen LogP contribution in [-0.4, -0.2) is 34.4 Å². The number of amides is 1. The fraction of sp³-hybridized carbons (Fsp3) is 0.190. The van der Waals surface area contributed by atoms with E-state index in [0.717, 1.165) is 17.7 Å². The van der Waals surface area contributed by atoms with Gasteiger partial charge < -0.3 is 14.8 Å². The topological polar surface area (TPSA) is 78.3 Å². The predicted molar refractivity (Wildman–Crippen MR) is 108 cm³/mol. The molecule has 1 aromatic heterocycles. The average molecular weight is 378 g/mol. The lowest BCUT2D eigenvalue weighted by atomic mass is 10.2. The Morgan fingerprint density at radius 2 is 2.07 bits per heavy atom. The largest absolute Gasteiger partial charge is 0.493 e. The van der Waals surface area contributed by atoms with Crippen molar-refractivity contribution in [2.75, 3.05) is 19.0 Å². The molecule has 0 fully saturated rings. The summed E-state index contributed by atoms with van der Waals surface area (Å²) in [5.41, 5.74) is 2.21. The van der Waals surface area contributed by atoms with Crippen molar-refractivity contribution in [2.24, 2.45) is 0 Å². The Balaban J connectivity index is 1.71. The van der Waals surface area contributed by atoms with E-state index < -0.39 is 0 Å². The number of anilines is 1. The molecule has 0 saturated heterocycles. The number of benzene rings is 2. The summed E-state index contributed by atoms with van der Waals surface area (Å²) in [6.07, 6.45) is 7.13. The van der Waals surface area contributed by atoms with Crippen LogP contribution >= 0.6 is 0 Å². The van der Waals surface area contributed by atoms with Crippen LogP contribution in [0, 0.1) is 0 Å². The van der Waals surface area contributed by atoms with Crippen LogP contribution in [0.3, 0.4) is 0 Å². The smallest absolute Gasteiger partial charge is 0.248 e. The van der Waals surface area contributed by atoms with Gasteiger partial charge in [0.1, 0.15) is 12.7 Å². The lowest BCUT2D eigenvalue weighted by Gasteiger charge is -2.10. The van der Waals surface area contributed by atoms with Gasteiger partial charge in [0.25, 0.3) is 0 Å². The van der Waals surface area contributed by atoms with Crippen molar-refractivity contribution in [3.05, 3.63) is 66.8 Å². The molecule has 7 heteroatoms. The molecule has 0 aliphatic rings. The molecule has 0 aliphatic carbocycles. The van der Waals surface area contributed by atoms with E-state index >= 15 is 0 Å². The summed E-state index contributed by atoms with van der Waals surface area (Å²) in [4.78, 5) is 16.3. The third kappa shape index (κ3) is 4.76. The summed E-state index contributed by atoms with van der Waals surface area (Å²) in [6.45, 7) is 2.67. The van der Waals surface area contributed by atoms with E-state index in [4.69, 9.17) is 9.47 Å². The van der Waals surface area contributed by atoms with Gasteiger partial charge in [-0.1, -0.05) is 25.1 Å². The van der Waals surface area contributed by atoms with Crippen molar-refractivity contribution in [2.45, 2.75) is 13.3 Å². The maximum Gasteiger partial charge on any atom is 0.248 e. The van der Waals surface area contributed by atoms with Crippen LogP contribution in [0.25, 0.3) is 11.8 Å². The molecule has 28 heavy (non-hydrogen) atoms. The van der Waals surface area contributed by atoms with Gasteiger partial charge >= 0.3 is 0 Å². The number of aromatic nitrogens is 3. The lowest BCUT2D eigenvalue weighted by Crippen LogP contribution is -2.10. The summed E-state index contributed by atoms with van der Waals surface area (Å²) in [5, 5.41) is 6.97. The molecule has 0 spiro atoms. The van der Waals surface area contributed by atoms with Crippen molar-refractivity contribution in [1.82, 2.24) is 14.8 Å². The molecular formula is C21H22N4O3. The SMILES string of the molecule is CCCOc1ccc(/C=C/C(=O)Nc2ccccc2-n2cncn2)cc1OC. The number of rotatable bonds is 8. The van der Waals surface area contributed by atoms with Crippen LogP contribution < -0.4 is 14.8 Å². The lowest BCUT2D eigenvalue weighted by molar-refractivity contribution is -0.111. The molecule has 1 heterocycles. The van der Waals surface area contributed by atoms with Gasteiger partial charge in [0.15, 0.2) is 11.5 Å². The average Bonchev–Trinajstić information content (AvgIpc) is 3.26. The second-order valence-corrected chi connectivity index (χ2v) is 5.94. The summed E-state index contributed by atoms with van der Waals surface area (Å²) in [6, 6.07) is 12.9. The fourth-order valence-corrected chi connectivity index (χ4v) is 2.58. The number of hydrogen-bond acceptors (Lipinski definition) is 5. The Bertz CT molecular complexity index is 952. The Morgan fingerprint density at radius 1 is 1.21 bits per heavy atom. The number of nitrogens with one attached hydrogen (secondary N) is 1. The Labute approximate surface area is 163 Å². The third-order valence-corrected chi connectivity index (χ3v) is 3.90. The number of para-hydroxylation sites is 2. The van der Waals surface area contributed by atoms with E-state index in [1.807, 2.05) is 49.4 Å². The monoisotopic (exact) mass is 378 g/mol. The highest BCUT2D eigenvalue weighted by Gasteiger charge is 2.07. The first-order valence-electron chi connectivity index (χ1n) is 8.95. The van der Waals surface area contributed by atoms with Gasteiger partial charge in [-0.05, 0) is 42.3 Å². The Hall–Kier alpha value is -3.61. The van der Waals surface area contributed by atoms with Crippen molar-refractivity contribution in [1.29, 1.82) is 0 Å². The van der Waals surface area contributed by atoms with Crippen molar-refractivity contribution in [3.8, 4) is 17.2 Å². The molecule has 0 saturated carbocycles. The molecule has 3 aromatic rings.